The molecule has 0 bridgehead atoms. The van der Waals surface area contributed by atoms with Crippen LogP contribution in [0.15, 0.2) is 42.5 Å². The van der Waals surface area contributed by atoms with E-state index < -0.39 is 0 Å². The second kappa shape index (κ2) is 8.06. The summed E-state index contributed by atoms with van der Waals surface area (Å²) < 4.78 is 5.09. The van der Waals surface area contributed by atoms with E-state index in [-0.39, 0.29) is 5.91 Å². The lowest BCUT2D eigenvalue weighted by Gasteiger charge is -2.08. The highest BCUT2D eigenvalue weighted by molar-refractivity contribution is 6.42. The Balaban J connectivity index is 1.81. The first-order valence-corrected chi connectivity index (χ1v) is 7.68. The third kappa shape index (κ3) is 4.65. The smallest absolute Gasteiger partial charge is 0.220 e. The molecule has 2 aromatic rings. The van der Waals surface area contributed by atoms with Crippen molar-refractivity contribution >= 4 is 29.1 Å². The van der Waals surface area contributed by atoms with Gasteiger partial charge >= 0.3 is 0 Å². The van der Waals surface area contributed by atoms with Crippen molar-refractivity contribution in [3.05, 3.63) is 63.6 Å². The zero-order chi connectivity index (χ0) is 15.9. The van der Waals surface area contributed by atoms with Crippen LogP contribution in [0, 0.1) is 0 Å². The Kier molecular flexibility index (Phi) is 6.10. The normalized spacial score (nSPS) is 10.3. The van der Waals surface area contributed by atoms with Crippen LogP contribution in [0.2, 0.25) is 10.0 Å². The molecular formula is C17H17Cl2NO2. The van der Waals surface area contributed by atoms with E-state index in [0.29, 0.717) is 29.4 Å². The van der Waals surface area contributed by atoms with E-state index in [1.54, 1.807) is 13.2 Å². The number of carbonyl (C=O) groups is 1. The molecule has 0 unspecified atom stereocenters. The molecule has 1 amide bonds. The number of nitrogens with one attached hydrogen (secondary N) is 1. The lowest BCUT2D eigenvalue weighted by Crippen LogP contribution is -2.23. The van der Waals surface area contributed by atoms with E-state index in [1.807, 2.05) is 36.4 Å². The molecule has 2 rings (SSSR count). The second-order valence-electron chi connectivity index (χ2n) is 4.84. The summed E-state index contributed by atoms with van der Waals surface area (Å²) in [5.41, 5.74) is 1.91. The highest BCUT2D eigenvalue weighted by Gasteiger charge is 2.07. The average Bonchev–Trinajstić information content (AvgIpc) is 2.54. The molecule has 0 radical (unpaired) electrons. The van der Waals surface area contributed by atoms with Crippen molar-refractivity contribution < 1.29 is 9.53 Å². The number of hydrogen-bond acceptors (Lipinski definition) is 2. The summed E-state index contributed by atoms with van der Waals surface area (Å²) in [6, 6.07) is 13.0. The molecule has 0 aliphatic heterocycles. The Hall–Kier alpha value is -1.71. The van der Waals surface area contributed by atoms with E-state index >= 15 is 0 Å². The fourth-order valence-electron chi connectivity index (χ4n) is 2.02. The van der Waals surface area contributed by atoms with Gasteiger partial charge in [-0.2, -0.15) is 0 Å². The van der Waals surface area contributed by atoms with Crippen molar-refractivity contribution in [3.63, 3.8) is 0 Å². The molecule has 0 aliphatic rings. The number of carbonyl (C=O) groups excluding carboxylic acids is 1. The van der Waals surface area contributed by atoms with Gasteiger partial charge in [0, 0.05) is 13.0 Å². The highest BCUT2D eigenvalue weighted by Crippen LogP contribution is 2.26. The van der Waals surface area contributed by atoms with Crippen molar-refractivity contribution in [2.24, 2.45) is 0 Å². The molecule has 0 spiro atoms. The highest BCUT2D eigenvalue weighted by atomic mass is 35.5. The van der Waals surface area contributed by atoms with Crippen molar-refractivity contribution in [2.75, 3.05) is 7.11 Å². The molecule has 0 saturated heterocycles. The number of hydrogen-bond donors (Lipinski definition) is 1. The van der Waals surface area contributed by atoms with Crippen LogP contribution in [-0.4, -0.2) is 13.0 Å². The summed E-state index contributed by atoms with van der Waals surface area (Å²) >= 11 is 12.1. The van der Waals surface area contributed by atoms with Crippen molar-refractivity contribution in [3.8, 4) is 5.75 Å². The summed E-state index contributed by atoms with van der Waals surface area (Å²) in [6.07, 6.45) is 0.935. The van der Waals surface area contributed by atoms with Gasteiger partial charge in [0.15, 0.2) is 0 Å². The number of ether oxygens (including phenoxy) is 1. The van der Waals surface area contributed by atoms with Gasteiger partial charge in [0.25, 0.3) is 0 Å². The van der Waals surface area contributed by atoms with Gasteiger partial charge < -0.3 is 10.1 Å². The monoisotopic (exact) mass is 337 g/mol. The maximum Gasteiger partial charge on any atom is 0.220 e. The largest absolute Gasteiger partial charge is 0.497 e. The first-order valence-electron chi connectivity index (χ1n) is 6.92. The topological polar surface area (TPSA) is 38.3 Å². The molecule has 5 heteroatoms. The Morgan fingerprint density at radius 1 is 1.14 bits per heavy atom. The molecular weight excluding hydrogens is 321 g/mol. The molecule has 2 aromatic carbocycles. The lowest BCUT2D eigenvalue weighted by molar-refractivity contribution is -0.121. The molecule has 0 fully saturated rings. The summed E-state index contributed by atoms with van der Waals surface area (Å²) in [4.78, 5) is 11.9. The fourth-order valence-corrected chi connectivity index (χ4v) is 2.44. The van der Waals surface area contributed by atoms with Crippen LogP contribution >= 0.6 is 23.2 Å². The molecule has 22 heavy (non-hydrogen) atoms. The van der Waals surface area contributed by atoms with Crippen molar-refractivity contribution in [2.45, 2.75) is 19.4 Å². The molecule has 116 valence electrons. The number of rotatable bonds is 6. The van der Waals surface area contributed by atoms with Crippen LogP contribution in [0.1, 0.15) is 17.5 Å². The van der Waals surface area contributed by atoms with E-state index in [2.05, 4.69) is 5.32 Å². The van der Waals surface area contributed by atoms with Crippen molar-refractivity contribution in [1.29, 1.82) is 0 Å². The summed E-state index contributed by atoms with van der Waals surface area (Å²) in [5, 5.41) is 3.92. The minimum atomic E-state index is -0.0214. The van der Waals surface area contributed by atoms with Gasteiger partial charge in [0.2, 0.25) is 5.91 Å². The number of amides is 1. The molecule has 0 aliphatic carbocycles. The zero-order valence-electron chi connectivity index (χ0n) is 12.2. The van der Waals surface area contributed by atoms with Crippen LogP contribution < -0.4 is 10.1 Å². The predicted octanol–water partition coefficient (Wildman–Crippen LogP) is 4.25. The average molecular weight is 338 g/mol. The molecule has 3 nitrogen and oxygen atoms in total. The van der Waals surface area contributed by atoms with Crippen LogP contribution in [0.25, 0.3) is 0 Å². The SMILES string of the molecule is COc1ccc(CNC(=O)CCc2cccc(Cl)c2Cl)cc1. The molecule has 0 heterocycles. The van der Waals surface area contributed by atoms with Crippen LogP contribution in [-0.2, 0) is 17.8 Å². The van der Waals surface area contributed by atoms with Gasteiger partial charge in [-0.05, 0) is 35.7 Å². The number of halogens is 2. The van der Waals surface area contributed by atoms with Gasteiger partial charge in [-0.3, -0.25) is 4.79 Å². The van der Waals surface area contributed by atoms with Gasteiger partial charge in [0.1, 0.15) is 5.75 Å². The number of methoxy groups -OCH3 is 1. The molecule has 1 N–H and O–H groups in total. The third-order valence-electron chi connectivity index (χ3n) is 3.30. The van der Waals surface area contributed by atoms with Gasteiger partial charge in [-0.15, -0.1) is 0 Å². The maximum absolute atomic E-state index is 11.9. The summed E-state index contributed by atoms with van der Waals surface area (Å²) in [6.45, 7) is 0.492. The minimum Gasteiger partial charge on any atom is -0.497 e. The minimum absolute atomic E-state index is 0.0214. The summed E-state index contributed by atoms with van der Waals surface area (Å²) in [7, 11) is 1.62. The van der Waals surface area contributed by atoms with Crippen LogP contribution in [0.4, 0.5) is 0 Å². The summed E-state index contributed by atoms with van der Waals surface area (Å²) in [5.74, 6) is 0.775. The third-order valence-corrected chi connectivity index (χ3v) is 4.16. The van der Waals surface area contributed by atoms with E-state index in [0.717, 1.165) is 16.9 Å². The Labute approximate surface area is 140 Å². The maximum atomic E-state index is 11.9. The quantitative estimate of drug-likeness (QED) is 0.855. The zero-order valence-corrected chi connectivity index (χ0v) is 13.7. The molecule has 0 aromatic heterocycles. The van der Waals surface area contributed by atoms with E-state index in [4.69, 9.17) is 27.9 Å². The van der Waals surface area contributed by atoms with E-state index in [9.17, 15) is 4.79 Å². The van der Waals surface area contributed by atoms with Crippen LogP contribution in [0.5, 0.6) is 5.75 Å². The van der Waals surface area contributed by atoms with Gasteiger partial charge in [-0.1, -0.05) is 47.5 Å². The first kappa shape index (κ1) is 16.7. The molecule has 0 atom stereocenters. The Morgan fingerprint density at radius 3 is 2.55 bits per heavy atom. The lowest BCUT2D eigenvalue weighted by atomic mass is 10.1. The molecule has 0 saturated carbocycles. The fraction of sp³-hybridized carbons (Fsp3) is 0.235. The number of benzene rings is 2. The number of aryl methyl sites for hydroxylation is 1. The Morgan fingerprint density at radius 2 is 1.86 bits per heavy atom. The van der Waals surface area contributed by atoms with Gasteiger partial charge in [-0.25, -0.2) is 0 Å². The first-order chi connectivity index (χ1) is 10.6. The predicted molar refractivity (Wildman–Crippen MR) is 89.6 cm³/mol. The van der Waals surface area contributed by atoms with Crippen LogP contribution in [0.3, 0.4) is 0 Å². The standard InChI is InChI=1S/C17H17Cl2NO2/c1-22-14-8-5-12(6-9-14)11-20-16(21)10-7-13-3-2-4-15(18)17(13)19/h2-6,8-9H,7,10-11H2,1H3,(H,20,21). The Bertz CT molecular complexity index is 642. The van der Waals surface area contributed by atoms with E-state index in [1.165, 1.54) is 0 Å². The van der Waals surface area contributed by atoms with Crippen molar-refractivity contribution in [1.82, 2.24) is 5.32 Å². The van der Waals surface area contributed by atoms with Gasteiger partial charge in [0.05, 0.1) is 17.2 Å². The second-order valence-corrected chi connectivity index (χ2v) is 5.62.